The molecule has 1 N–H and O–H groups in total. The van der Waals surface area contributed by atoms with Crippen LogP contribution in [0.5, 0.6) is 5.75 Å². The molecule has 1 aliphatic carbocycles. The number of ether oxygens (including phenoxy) is 2. The van der Waals surface area contributed by atoms with Gasteiger partial charge in [-0.15, -0.1) is 0 Å². The van der Waals surface area contributed by atoms with Gasteiger partial charge in [-0.25, -0.2) is 4.39 Å². The van der Waals surface area contributed by atoms with Crippen molar-refractivity contribution in [2.24, 2.45) is 5.92 Å². The average Bonchev–Trinajstić information content (AvgIpc) is 3.20. The Balaban J connectivity index is 1.64. The first kappa shape index (κ1) is 26.5. The Morgan fingerprint density at radius 3 is 1.92 bits per heavy atom. The summed E-state index contributed by atoms with van der Waals surface area (Å²) in [5.74, 6) is 0.421. The highest BCUT2D eigenvalue weighted by molar-refractivity contribution is 6.99. The number of aliphatic hydroxyl groups is 1. The van der Waals surface area contributed by atoms with Gasteiger partial charge in [0.25, 0.3) is 8.32 Å². The van der Waals surface area contributed by atoms with Crippen molar-refractivity contribution >= 4 is 18.7 Å². The van der Waals surface area contributed by atoms with E-state index in [-0.39, 0.29) is 17.6 Å². The van der Waals surface area contributed by atoms with Crippen LogP contribution >= 0.6 is 0 Å². The van der Waals surface area contributed by atoms with Gasteiger partial charge in [0.1, 0.15) is 5.75 Å². The van der Waals surface area contributed by atoms with E-state index in [9.17, 15) is 5.11 Å². The predicted molar refractivity (Wildman–Crippen MR) is 144 cm³/mol. The van der Waals surface area contributed by atoms with Crippen molar-refractivity contribution in [3.63, 3.8) is 0 Å². The smallest absolute Gasteiger partial charge is 0.261 e. The highest BCUT2D eigenvalue weighted by Gasteiger charge is 2.56. The summed E-state index contributed by atoms with van der Waals surface area (Å²) in [6.07, 6.45) is -2.34. The Morgan fingerprint density at radius 1 is 0.889 bits per heavy atom. The van der Waals surface area contributed by atoms with Crippen molar-refractivity contribution in [2.75, 3.05) is 13.7 Å². The first-order valence-corrected chi connectivity index (χ1v) is 14.5. The molecule has 3 aromatic rings. The second-order valence-electron chi connectivity index (χ2n) is 10.6. The van der Waals surface area contributed by atoms with Crippen molar-refractivity contribution < 1.29 is 23.4 Å². The molecule has 0 aromatic heterocycles. The van der Waals surface area contributed by atoms with Gasteiger partial charge >= 0.3 is 0 Å². The molecule has 0 saturated heterocycles. The van der Waals surface area contributed by atoms with E-state index in [4.69, 9.17) is 13.9 Å². The monoisotopic (exact) mass is 508 g/mol. The number of methoxy groups -OCH3 is 1. The third kappa shape index (κ3) is 5.27. The number of rotatable bonds is 9. The molecule has 0 bridgehead atoms. The van der Waals surface area contributed by atoms with Gasteiger partial charge in [0, 0.05) is 12.5 Å². The number of alkyl halides is 1. The molecule has 1 aliphatic rings. The average molecular weight is 509 g/mol. The minimum atomic E-state index is -2.96. The summed E-state index contributed by atoms with van der Waals surface area (Å²) in [4.78, 5) is 0. The van der Waals surface area contributed by atoms with Crippen molar-refractivity contribution in [1.82, 2.24) is 0 Å². The second-order valence-corrected chi connectivity index (χ2v) is 14.8. The Hall–Kier alpha value is -2.51. The lowest BCUT2D eigenvalue weighted by atomic mass is 10.1. The Bertz CT molecular complexity index is 1050. The van der Waals surface area contributed by atoms with Gasteiger partial charge in [0.15, 0.2) is 6.17 Å². The van der Waals surface area contributed by atoms with Crippen LogP contribution in [0.4, 0.5) is 4.39 Å². The molecule has 4 rings (SSSR count). The molecule has 3 aromatic carbocycles. The molecule has 0 spiro atoms. The maximum Gasteiger partial charge on any atom is 0.261 e. The molecular weight excluding hydrogens is 471 g/mol. The van der Waals surface area contributed by atoms with Crippen molar-refractivity contribution in [3.8, 4) is 5.75 Å². The molecule has 0 amide bonds. The normalized spacial score (nSPS) is 22.5. The molecule has 4 atom stereocenters. The maximum atomic E-state index is 16.1. The Labute approximate surface area is 215 Å². The zero-order chi connectivity index (χ0) is 25.8. The Morgan fingerprint density at radius 2 is 1.44 bits per heavy atom. The van der Waals surface area contributed by atoms with E-state index in [1.165, 1.54) is 0 Å². The van der Waals surface area contributed by atoms with E-state index in [0.29, 0.717) is 13.0 Å². The van der Waals surface area contributed by atoms with E-state index in [2.05, 4.69) is 45.0 Å². The van der Waals surface area contributed by atoms with Crippen molar-refractivity contribution in [2.45, 2.75) is 57.2 Å². The fourth-order valence-corrected chi connectivity index (χ4v) is 10.1. The summed E-state index contributed by atoms with van der Waals surface area (Å²) in [6, 6.07) is 28.0. The number of hydrogen-bond acceptors (Lipinski definition) is 4. The van der Waals surface area contributed by atoms with Crippen LogP contribution in [0.25, 0.3) is 0 Å². The van der Waals surface area contributed by atoms with E-state index >= 15 is 4.39 Å². The summed E-state index contributed by atoms with van der Waals surface area (Å²) < 4.78 is 34.4. The quantitative estimate of drug-likeness (QED) is 0.419. The summed E-state index contributed by atoms with van der Waals surface area (Å²) in [5, 5.41) is 12.2. The van der Waals surface area contributed by atoms with E-state index in [1.54, 1.807) is 7.11 Å². The lowest BCUT2D eigenvalue weighted by Gasteiger charge is -2.45. The van der Waals surface area contributed by atoms with E-state index in [1.807, 2.05) is 60.7 Å². The molecule has 0 heterocycles. The fraction of sp³-hybridized carbons (Fsp3) is 0.400. The van der Waals surface area contributed by atoms with Gasteiger partial charge in [0.2, 0.25) is 0 Å². The molecule has 1 saturated carbocycles. The van der Waals surface area contributed by atoms with Gasteiger partial charge in [0.05, 0.1) is 25.9 Å². The highest BCUT2D eigenvalue weighted by Crippen LogP contribution is 2.42. The van der Waals surface area contributed by atoms with Gasteiger partial charge in [-0.2, -0.15) is 0 Å². The third-order valence-corrected chi connectivity index (χ3v) is 12.3. The first-order valence-electron chi connectivity index (χ1n) is 12.6. The van der Waals surface area contributed by atoms with Crippen LogP contribution in [-0.4, -0.2) is 45.5 Å². The summed E-state index contributed by atoms with van der Waals surface area (Å²) in [7, 11) is -1.34. The number of aliphatic hydroxyl groups excluding tert-OH is 1. The molecule has 0 unspecified atom stereocenters. The molecule has 6 heteroatoms. The van der Waals surface area contributed by atoms with Crippen LogP contribution < -0.4 is 15.1 Å². The largest absolute Gasteiger partial charge is 0.497 e. The van der Waals surface area contributed by atoms with Crippen molar-refractivity contribution in [1.29, 1.82) is 0 Å². The van der Waals surface area contributed by atoms with Crippen LogP contribution in [-0.2, 0) is 15.8 Å². The molecule has 0 radical (unpaired) electrons. The molecule has 1 fully saturated rings. The molecule has 0 aliphatic heterocycles. The zero-order valence-corrected chi connectivity index (χ0v) is 22.6. The number of hydrogen-bond donors (Lipinski definition) is 1. The molecule has 192 valence electrons. The minimum absolute atomic E-state index is 0.147. The van der Waals surface area contributed by atoms with Crippen LogP contribution in [0.15, 0.2) is 84.9 Å². The standard InChI is InChI=1S/C30H37FO4Si/c1-30(2,3)36(25-11-7-5-8-12-25,26-13-9-6-10-14-26)35-29-23(20-32)19-27(28(29)31)34-21-22-15-17-24(33-4)18-16-22/h5-18,23,27-29,32H,19-21H2,1-4H3/t23-,27+,28+,29-/m1/s1. The van der Waals surface area contributed by atoms with Gasteiger partial charge in [-0.05, 0) is 39.5 Å². The van der Waals surface area contributed by atoms with Gasteiger partial charge in [-0.1, -0.05) is 93.6 Å². The lowest BCUT2D eigenvalue weighted by Crippen LogP contribution is -2.68. The molecular formula is C30H37FO4Si. The van der Waals surface area contributed by atoms with Gasteiger partial charge in [-0.3, -0.25) is 0 Å². The van der Waals surface area contributed by atoms with Crippen LogP contribution in [0.1, 0.15) is 32.8 Å². The van der Waals surface area contributed by atoms with Crippen molar-refractivity contribution in [3.05, 3.63) is 90.5 Å². The minimum Gasteiger partial charge on any atom is -0.497 e. The van der Waals surface area contributed by atoms with Crippen LogP contribution in [0.2, 0.25) is 5.04 Å². The van der Waals surface area contributed by atoms with Crippen LogP contribution in [0, 0.1) is 5.92 Å². The maximum absolute atomic E-state index is 16.1. The number of benzene rings is 3. The van der Waals surface area contributed by atoms with Gasteiger partial charge < -0.3 is 19.0 Å². The zero-order valence-electron chi connectivity index (χ0n) is 21.6. The van der Waals surface area contributed by atoms with E-state index < -0.39 is 26.7 Å². The molecule has 4 nitrogen and oxygen atoms in total. The summed E-state index contributed by atoms with van der Waals surface area (Å²) in [6.45, 7) is 6.66. The topological polar surface area (TPSA) is 47.9 Å². The molecule has 36 heavy (non-hydrogen) atoms. The van der Waals surface area contributed by atoms with E-state index in [0.717, 1.165) is 21.7 Å². The third-order valence-electron chi connectivity index (χ3n) is 7.26. The lowest BCUT2D eigenvalue weighted by molar-refractivity contribution is -0.0206. The Kier molecular flexibility index (Phi) is 8.30. The first-order chi connectivity index (χ1) is 17.3. The predicted octanol–water partition coefficient (Wildman–Crippen LogP) is 4.88. The summed E-state index contributed by atoms with van der Waals surface area (Å²) in [5.41, 5.74) is 0.944. The second kappa shape index (κ2) is 11.3. The highest BCUT2D eigenvalue weighted by atomic mass is 28.4. The SMILES string of the molecule is COc1ccc(CO[C@H]2C[C@H](CO)[C@@H](O[Si](c3ccccc3)(c3ccccc3)C(C)(C)C)[C@H]2F)cc1. The summed E-state index contributed by atoms with van der Waals surface area (Å²) >= 11 is 0. The van der Waals surface area contributed by atoms with Crippen LogP contribution in [0.3, 0.4) is 0 Å². The number of halogens is 1. The fourth-order valence-electron chi connectivity index (χ4n) is 5.35.